The molecule has 0 saturated heterocycles. The summed E-state index contributed by atoms with van der Waals surface area (Å²) in [5.74, 6) is -0.735. The van der Waals surface area contributed by atoms with Crippen LogP contribution in [0.1, 0.15) is 23.2 Å². The number of benzene rings is 1. The molecule has 0 bridgehead atoms. The zero-order chi connectivity index (χ0) is 14.5. The molecular weight excluding hydrogens is 260 g/mol. The second kappa shape index (κ2) is 6.05. The van der Waals surface area contributed by atoms with Gasteiger partial charge < -0.3 is 16.4 Å². The molecule has 7 nitrogen and oxygen atoms in total. The summed E-state index contributed by atoms with van der Waals surface area (Å²) in [7, 11) is 0. The molecule has 2 rings (SSSR count). The molecule has 1 saturated carbocycles. The second-order valence-corrected chi connectivity index (χ2v) is 4.56. The molecule has 0 atom stereocenters. The Morgan fingerprint density at radius 2 is 1.90 bits per heavy atom. The van der Waals surface area contributed by atoms with E-state index in [1.807, 2.05) is 5.32 Å². The van der Waals surface area contributed by atoms with E-state index in [1.54, 1.807) is 24.3 Å². The second-order valence-electron chi connectivity index (χ2n) is 4.56. The van der Waals surface area contributed by atoms with Crippen molar-refractivity contribution < 1.29 is 14.4 Å². The molecule has 1 aromatic carbocycles. The Hall–Kier alpha value is -2.57. The van der Waals surface area contributed by atoms with Crippen molar-refractivity contribution in [1.29, 1.82) is 0 Å². The molecule has 0 aliphatic heterocycles. The Morgan fingerprint density at radius 3 is 2.55 bits per heavy atom. The van der Waals surface area contributed by atoms with Crippen molar-refractivity contribution in [2.24, 2.45) is 5.73 Å². The van der Waals surface area contributed by atoms with Gasteiger partial charge in [0.15, 0.2) is 0 Å². The van der Waals surface area contributed by atoms with Crippen LogP contribution < -0.4 is 21.7 Å². The Bertz CT molecular complexity index is 540. The number of nitrogens with two attached hydrogens (primary N) is 1. The van der Waals surface area contributed by atoms with Crippen LogP contribution in [0.5, 0.6) is 0 Å². The number of carbonyl (C=O) groups excluding carboxylic acids is 3. The van der Waals surface area contributed by atoms with E-state index in [0.29, 0.717) is 11.3 Å². The maximum Gasteiger partial charge on any atom is 0.318 e. The predicted octanol–water partition coefficient (Wildman–Crippen LogP) is 0.186. The van der Waals surface area contributed by atoms with Gasteiger partial charge in [0.2, 0.25) is 5.91 Å². The van der Waals surface area contributed by atoms with Gasteiger partial charge in [-0.15, -0.1) is 0 Å². The lowest BCUT2D eigenvalue weighted by molar-refractivity contribution is -0.118. The summed E-state index contributed by atoms with van der Waals surface area (Å²) >= 11 is 0. The number of primary amides is 1. The fourth-order valence-electron chi connectivity index (χ4n) is 1.68. The van der Waals surface area contributed by atoms with Gasteiger partial charge in [-0.3, -0.25) is 14.9 Å². The van der Waals surface area contributed by atoms with Gasteiger partial charge in [0.25, 0.3) is 5.91 Å². The maximum absolute atomic E-state index is 12.0. The highest BCUT2D eigenvalue weighted by molar-refractivity contribution is 6.01. The number of hydrogen-bond acceptors (Lipinski definition) is 4. The SMILES string of the molecule is NC(=O)NC(=O)CNc1ccccc1C(=O)NC1CC1. The van der Waals surface area contributed by atoms with E-state index in [-0.39, 0.29) is 18.5 Å². The summed E-state index contributed by atoms with van der Waals surface area (Å²) in [6.45, 7) is -0.142. The van der Waals surface area contributed by atoms with Crippen molar-refractivity contribution >= 4 is 23.5 Å². The third-order valence-corrected chi connectivity index (χ3v) is 2.79. The smallest absolute Gasteiger partial charge is 0.318 e. The number of rotatable bonds is 5. The molecule has 4 amide bonds. The molecule has 20 heavy (non-hydrogen) atoms. The van der Waals surface area contributed by atoms with Gasteiger partial charge >= 0.3 is 6.03 Å². The van der Waals surface area contributed by atoms with Gasteiger partial charge in [-0.2, -0.15) is 0 Å². The molecule has 7 heteroatoms. The minimum Gasteiger partial charge on any atom is -0.375 e. The minimum absolute atomic E-state index is 0.142. The largest absolute Gasteiger partial charge is 0.375 e. The Kier molecular flexibility index (Phi) is 4.19. The standard InChI is InChI=1S/C13H16N4O3/c14-13(20)17-11(18)7-15-10-4-2-1-3-9(10)12(19)16-8-5-6-8/h1-4,8,15H,5-7H2,(H,16,19)(H3,14,17,18,20). The van der Waals surface area contributed by atoms with Crippen LogP contribution in [-0.4, -0.2) is 30.4 Å². The van der Waals surface area contributed by atoms with Gasteiger partial charge in [0.05, 0.1) is 12.1 Å². The van der Waals surface area contributed by atoms with Gasteiger partial charge in [0.1, 0.15) is 0 Å². The number of hydrogen-bond donors (Lipinski definition) is 4. The van der Waals surface area contributed by atoms with Crippen molar-refractivity contribution in [2.45, 2.75) is 18.9 Å². The van der Waals surface area contributed by atoms with Crippen molar-refractivity contribution in [3.05, 3.63) is 29.8 Å². The number of amides is 4. The van der Waals surface area contributed by atoms with E-state index in [2.05, 4.69) is 10.6 Å². The Morgan fingerprint density at radius 1 is 1.20 bits per heavy atom. The topological polar surface area (TPSA) is 113 Å². The maximum atomic E-state index is 12.0. The third kappa shape index (κ3) is 3.98. The summed E-state index contributed by atoms with van der Waals surface area (Å²) < 4.78 is 0. The monoisotopic (exact) mass is 276 g/mol. The van der Waals surface area contributed by atoms with Gasteiger partial charge in [-0.05, 0) is 25.0 Å². The highest BCUT2D eigenvalue weighted by atomic mass is 16.2. The molecule has 106 valence electrons. The number of imide groups is 1. The predicted molar refractivity (Wildman–Crippen MR) is 73.1 cm³/mol. The fourth-order valence-corrected chi connectivity index (χ4v) is 1.68. The minimum atomic E-state index is -0.906. The van der Waals surface area contributed by atoms with Crippen LogP contribution in [0, 0.1) is 0 Å². The van der Waals surface area contributed by atoms with Crippen LogP contribution in [0.25, 0.3) is 0 Å². The van der Waals surface area contributed by atoms with Crippen LogP contribution in [0.2, 0.25) is 0 Å². The zero-order valence-electron chi connectivity index (χ0n) is 10.8. The summed E-state index contributed by atoms with van der Waals surface area (Å²) in [5, 5.41) is 7.63. The van der Waals surface area contributed by atoms with Crippen LogP contribution in [-0.2, 0) is 4.79 Å². The lowest BCUT2D eigenvalue weighted by Crippen LogP contribution is -2.38. The van der Waals surface area contributed by atoms with Crippen molar-refractivity contribution in [2.75, 3.05) is 11.9 Å². The van der Waals surface area contributed by atoms with Crippen LogP contribution >= 0.6 is 0 Å². The highest BCUT2D eigenvalue weighted by Crippen LogP contribution is 2.21. The molecule has 0 aromatic heterocycles. The first-order chi connectivity index (χ1) is 9.56. The van der Waals surface area contributed by atoms with Crippen LogP contribution in [0.4, 0.5) is 10.5 Å². The molecule has 0 unspecified atom stereocenters. The molecule has 0 heterocycles. The van der Waals surface area contributed by atoms with E-state index in [0.717, 1.165) is 12.8 Å². The Labute approximate surface area is 115 Å². The summed E-state index contributed by atoms with van der Waals surface area (Å²) in [6, 6.07) is 6.22. The van der Waals surface area contributed by atoms with Crippen molar-refractivity contribution in [3.63, 3.8) is 0 Å². The normalized spacial score (nSPS) is 13.4. The first-order valence-corrected chi connectivity index (χ1v) is 6.29. The van der Waals surface area contributed by atoms with E-state index >= 15 is 0 Å². The van der Waals surface area contributed by atoms with Crippen molar-refractivity contribution in [1.82, 2.24) is 10.6 Å². The molecule has 1 fully saturated rings. The van der Waals surface area contributed by atoms with E-state index in [1.165, 1.54) is 0 Å². The number of carbonyl (C=O) groups is 3. The Balaban J connectivity index is 1.98. The van der Waals surface area contributed by atoms with Gasteiger partial charge in [0, 0.05) is 11.7 Å². The molecule has 1 aromatic rings. The van der Waals surface area contributed by atoms with Gasteiger partial charge in [-0.25, -0.2) is 4.79 Å². The molecular formula is C13H16N4O3. The first-order valence-electron chi connectivity index (χ1n) is 6.29. The lowest BCUT2D eigenvalue weighted by atomic mass is 10.1. The van der Waals surface area contributed by atoms with Crippen LogP contribution in [0.3, 0.4) is 0 Å². The summed E-state index contributed by atoms with van der Waals surface area (Å²) in [4.78, 5) is 33.9. The number of nitrogens with one attached hydrogen (secondary N) is 3. The number of para-hydroxylation sites is 1. The van der Waals surface area contributed by atoms with E-state index < -0.39 is 11.9 Å². The lowest BCUT2D eigenvalue weighted by Gasteiger charge is -2.11. The van der Waals surface area contributed by atoms with E-state index in [9.17, 15) is 14.4 Å². The van der Waals surface area contributed by atoms with Gasteiger partial charge in [-0.1, -0.05) is 12.1 Å². The molecule has 5 N–H and O–H groups in total. The third-order valence-electron chi connectivity index (χ3n) is 2.79. The number of urea groups is 1. The average molecular weight is 276 g/mol. The molecule has 1 aliphatic rings. The van der Waals surface area contributed by atoms with Crippen molar-refractivity contribution in [3.8, 4) is 0 Å². The average Bonchev–Trinajstić information content (AvgIpc) is 3.20. The molecule has 0 radical (unpaired) electrons. The fraction of sp³-hybridized carbons (Fsp3) is 0.308. The first kappa shape index (κ1) is 13.9. The zero-order valence-corrected chi connectivity index (χ0v) is 10.8. The number of anilines is 1. The van der Waals surface area contributed by atoms with Crippen LogP contribution in [0.15, 0.2) is 24.3 Å². The summed E-state index contributed by atoms with van der Waals surface area (Å²) in [5.41, 5.74) is 5.84. The highest BCUT2D eigenvalue weighted by Gasteiger charge is 2.24. The molecule has 1 aliphatic carbocycles. The summed E-state index contributed by atoms with van der Waals surface area (Å²) in [6.07, 6.45) is 2.00. The van der Waals surface area contributed by atoms with E-state index in [4.69, 9.17) is 5.73 Å². The molecule has 0 spiro atoms. The quantitative estimate of drug-likeness (QED) is 0.614.